The van der Waals surface area contributed by atoms with E-state index in [4.69, 9.17) is 10.4 Å². The van der Waals surface area contributed by atoms with Crippen LogP contribution in [0.2, 0.25) is 0 Å². The summed E-state index contributed by atoms with van der Waals surface area (Å²) in [6.07, 6.45) is 10.0. The Labute approximate surface area is 65.1 Å². The highest BCUT2D eigenvalue weighted by Crippen LogP contribution is 2.07. The van der Waals surface area contributed by atoms with Gasteiger partial charge in [0.25, 0.3) is 0 Å². The van der Waals surface area contributed by atoms with Crippen LogP contribution in [0.3, 0.4) is 0 Å². The van der Waals surface area contributed by atoms with E-state index in [9.17, 15) is 0 Å². The molecule has 2 nitrogen and oxygen atoms in total. The zero-order chi connectivity index (χ0) is 8.10. The maximum absolute atomic E-state index is 9.16. The number of aliphatic hydroxyl groups is 1. The summed E-state index contributed by atoms with van der Waals surface area (Å²) in [5.74, 6) is 0.00750. The summed E-state index contributed by atoms with van der Waals surface area (Å²) in [4.78, 5) is 0. The zero-order valence-corrected chi connectivity index (χ0v) is 5.86. The van der Waals surface area contributed by atoms with E-state index in [1.54, 1.807) is 30.4 Å². The summed E-state index contributed by atoms with van der Waals surface area (Å²) in [7, 11) is 0. The lowest BCUT2D eigenvalue weighted by molar-refractivity contribution is 0.427. The molecular formula is C9H7NO. The van der Waals surface area contributed by atoms with Crippen LogP contribution in [0.1, 0.15) is 0 Å². The van der Waals surface area contributed by atoms with Gasteiger partial charge < -0.3 is 5.11 Å². The standard InChI is InChI=1S/C9H7NO/c10-7-8-5-3-1-2-4-6-9(8)11/h1-6,11H/b2-1?,3-1-,4-2-,5-3?,6-4?,8-5?,9-6?,9-8?. The van der Waals surface area contributed by atoms with Crippen molar-refractivity contribution in [3.8, 4) is 6.07 Å². The number of nitrogens with zero attached hydrogens (tertiary/aromatic N) is 1. The number of hydrogen-bond donors (Lipinski definition) is 1. The van der Waals surface area contributed by atoms with Crippen molar-refractivity contribution < 1.29 is 5.11 Å². The molecule has 1 N–H and O–H groups in total. The number of allylic oxidation sites excluding steroid dienone is 7. The third-order valence-corrected chi connectivity index (χ3v) is 1.25. The summed E-state index contributed by atoms with van der Waals surface area (Å²) in [6.45, 7) is 0. The minimum atomic E-state index is 0.00750. The molecule has 0 fully saturated rings. The third kappa shape index (κ3) is 1.84. The molecule has 0 spiro atoms. The lowest BCUT2D eigenvalue weighted by Crippen LogP contribution is -1.84. The Morgan fingerprint density at radius 1 is 1.09 bits per heavy atom. The second-order valence-corrected chi connectivity index (χ2v) is 2.01. The second kappa shape index (κ2) is 3.43. The van der Waals surface area contributed by atoms with E-state index in [2.05, 4.69) is 0 Å². The van der Waals surface area contributed by atoms with Crippen LogP contribution in [0.4, 0.5) is 0 Å². The Kier molecular flexibility index (Phi) is 2.29. The van der Waals surface area contributed by atoms with E-state index < -0.39 is 0 Å². The Morgan fingerprint density at radius 3 is 2.36 bits per heavy atom. The molecule has 54 valence electrons. The van der Waals surface area contributed by atoms with Crippen LogP contribution >= 0.6 is 0 Å². The van der Waals surface area contributed by atoms with Gasteiger partial charge in [-0.05, 0) is 12.2 Å². The third-order valence-electron chi connectivity index (χ3n) is 1.25. The molecule has 0 atom stereocenters. The predicted molar refractivity (Wildman–Crippen MR) is 42.7 cm³/mol. The fourth-order valence-corrected chi connectivity index (χ4v) is 0.696. The van der Waals surface area contributed by atoms with Crippen molar-refractivity contribution in [2.75, 3.05) is 0 Å². The highest BCUT2D eigenvalue weighted by atomic mass is 16.3. The molecule has 1 aliphatic rings. The van der Waals surface area contributed by atoms with Gasteiger partial charge in [-0.15, -0.1) is 0 Å². The molecule has 0 heterocycles. The van der Waals surface area contributed by atoms with Gasteiger partial charge in [0.2, 0.25) is 0 Å². The van der Waals surface area contributed by atoms with Crippen molar-refractivity contribution in [3.63, 3.8) is 0 Å². The van der Waals surface area contributed by atoms with Crippen LogP contribution in [0.5, 0.6) is 0 Å². The first-order chi connectivity index (χ1) is 5.34. The van der Waals surface area contributed by atoms with Gasteiger partial charge in [0.05, 0.1) is 5.57 Å². The molecule has 1 rings (SSSR count). The van der Waals surface area contributed by atoms with Gasteiger partial charge in [-0.2, -0.15) is 5.26 Å². The molecule has 0 aromatic carbocycles. The van der Waals surface area contributed by atoms with E-state index >= 15 is 0 Å². The molecule has 11 heavy (non-hydrogen) atoms. The Hall–Kier alpha value is -1.75. The average molecular weight is 145 g/mol. The van der Waals surface area contributed by atoms with E-state index in [-0.39, 0.29) is 11.3 Å². The summed E-state index contributed by atoms with van der Waals surface area (Å²) in [5.41, 5.74) is 0.283. The lowest BCUT2D eigenvalue weighted by Gasteiger charge is -1.94. The Morgan fingerprint density at radius 2 is 1.73 bits per heavy atom. The summed E-state index contributed by atoms with van der Waals surface area (Å²) in [5, 5.41) is 17.7. The Balaban J connectivity index is 3.01. The molecule has 0 radical (unpaired) electrons. The van der Waals surface area contributed by atoms with Crippen molar-refractivity contribution in [2.45, 2.75) is 0 Å². The van der Waals surface area contributed by atoms with Gasteiger partial charge in [-0.25, -0.2) is 0 Å². The molecule has 0 unspecified atom stereocenters. The summed E-state index contributed by atoms with van der Waals surface area (Å²) < 4.78 is 0. The van der Waals surface area contributed by atoms with Crippen LogP contribution in [0, 0.1) is 11.3 Å². The van der Waals surface area contributed by atoms with Gasteiger partial charge in [-0.3, -0.25) is 0 Å². The number of rotatable bonds is 0. The molecule has 0 saturated carbocycles. The van der Waals surface area contributed by atoms with Gasteiger partial charge >= 0.3 is 0 Å². The molecule has 0 saturated heterocycles. The number of nitriles is 1. The van der Waals surface area contributed by atoms with Crippen molar-refractivity contribution in [2.24, 2.45) is 0 Å². The van der Waals surface area contributed by atoms with Crippen LogP contribution < -0.4 is 0 Å². The highest BCUT2D eigenvalue weighted by molar-refractivity contribution is 5.43. The molecule has 0 aromatic heterocycles. The molecule has 0 aromatic rings. The quantitative estimate of drug-likeness (QED) is 0.566. The molecule has 0 aliphatic heterocycles. The highest BCUT2D eigenvalue weighted by Gasteiger charge is 1.98. The van der Waals surface area contributed by atoms with Crippen molar-refractivity contribution in [1.29, 1.82) is 5.26 Å². The van der Waals surface area contributed by atoms with E-state index in [1.807, 2.05) is 6.07 Å². The molecular weight excluding hydrogens is 138 g/mol. The van der Waals surface area contributed by atoms with Gasteiger partial charge in [0.1, 0.15) is 11.8 Å². The first kappa shape index (κ1) is 7.36. The van der Waals surface area contributed by atoms with E-state index in [0.717, 1.165) is 0 Å². The van der Waals surface area contributed by atoms with Gasteiger partial charge in [-0.1, -0.05) is 24.3 Å². The largest absolute Gasteiger partial charge is 0.507 e. The molecule has 0 amide bonds. The Bertz CT molecular complexity index is 300. The first-order valence-electron chi connectivity index (χ1n) is 3.19. The maximum Gasteiger partial charge on any atom is 0.133 e. The normalized spacial score (nSPS) is 21.7. The minimum absolute atomic E-state index is 0.00750. The van der Waals surface area contributed by atoms with Crippen LogP contribution in [-0.2, 0) is 0 Å². The topological polar surface area (TPSA) is 44.0 Å². The van der Waals surface area contributed by atoms with Crippen LogP contribution in [0.15, 0.2) is 47.8 Å². The molecule has 2 heteroatoms. The molecule has 0 bridgehead atoms. The average Bonchev–Trinajstić information content (AvgIpc) is 1.98. The van der Waals surface area contributed by atoms with Crippen LogP contribution in [-0.4, -0.2) is 5.11 Å². The fourth-order valence-electron chi connectivity index (χ4n) is 0.696. The second-order valence-electron chi connectivity index (χ2n) is 2.01. The number of hydrogen-bond acceptors (Lipinski definition) is 2. The minimum Gasteiger partial charge on any atom is -0.507 e. The summed E-state index contributed by atoms with van der Waals surface area (Å²) in [6, 6.07) is 1.88. The van der Waals surface area contributed by atoms with Crippen molar-refractivity contribution in [3.05, 3.63) is 47.8 Å². The first-order valence-corrected chi connectivity index (χ1v) is 3.19. The summed E-state index contributed by atoms with van der Waals surface area (Å²) >= 11 is 0. The molecule has 1 aliphatic carbocycles. The van der Waals surface area contributed by atoms with Gasteiger partial charge in [0.15, 0.2) is 0 Å². The fraction of sp³-hybridized carbons (Fsp3) is 0. The monoisotopic (exact) mass is 145 g/mol. The van der Waals surface area contributed by atoms with E-state index in [0.29, 0.717) is 0 Å². The lowest BCUT2D eigenvalue weighted by atomic mass is 10.2. The van der Waals surface area contributed by atoms with Crippen molar-refractivity contribution >= 4 is 0 Å². The predicted octanol–water partition coefficient (Wildman–Crippen LogP) is 2.00. The maximum atomic E-state index is 9.16. The van der Waals surface area contributed by atoms with Crippen molar-refractivity contribution in [1.82, 2.24) is 0 Å². The van der Waals surface area contributed by atoms with Crippen LogP contribution in [0.25, 0.3) is 0 Å². The zero-order valence-electron chi connectivity index (χ0n) is 5.86. The smallest absolute Gasteiger partial charge is 0.133 e. The van der Waals surface area contributed by atoms with E-state index in [1.165, 1.54) is 6.08 Å². The SMILES string of the molecule is N#CC1=C/C=C\C=C/C=C1O. The van der Waals surface area contributed by atoms with Gasteiger partial charge in [0, 0.05) is 0 Å². The number of aliphatic hydroxyl groups excluding tert-OH is 1.